The van der Waals surface area contributed by atoms with Gasteiger partial charge in [-0.25, -0.2) is 0 Å². The second kappa shape index (κ2) is 10.4. The third-order valence-electron chi connectivity index (χ3n) is 1.06. The Labute approximate surface area is 118 Å². The van der Waals surface area contributed by atoms with Crippen molar-refractivity contribution in [2.24, 2.45) is 0 Å². The maximum absolute atomic E-state index is 9.99. The molecular formula is C6H6FeNNaO6+. The summed E-state index contributed by atoms with van der Waals surface area (Å²) in [5, 5.41) is 30.0. The quantitative estimate of drug-likeness (QED) is 0.437. The van der Waals surface area contributed by atoms with E-state index in [0.29, 0.717) is 4.90 Å². The maximum atomic E-state index is 9.99. The molecule has 0 aliphatic rings. The predicted molar refractivity (Wildman–Crippen MR) is 31.5 cm³/mol. The van der Waals surface area contributed by atoms with Gasteiger partial charge >= 0.3 is 46.6 Å². The molecule has 79 valence electrons. The van der Waals surface area contributed by atoms with Crippen LogP contribution in [-0.4, -0.2) is 42.4 Å². The Bertz CT molecular complexity index is 198. The Kier molecular flexibility index (Phi) is 14.1. The van der Waals surface area contributed by atoms with Crippen LogP contribution < -0.4 is 44.9 Å². The van der Waals surface area contributed by atoms with Crippen LogP contribution in [0, 0.1) is 0 Å². The molecule has 0 aromatic heterocycles. The predicted octanol–water partition coefficient (Wildman–Crippen LogP) is -8.46. The normalized spacial score (nSPS) is 8.60. The fourth-order valence-corrected chi connectivity index (χ4v) is 0.715. The summed E-state index contributed by atoms with van der Waals surface area (Å²) in [5.41, 5.74) is 0. The van der Waals surface area contributed by atoms with Gasteiger partial charge in [0.05, 0.1) is 17.9 Å². The number of aliphatic carboxylic acids is 3. The Morgan fingerprint density at radius 1 is 0.800 bits per heavy atom. The molecule has 0 rings (SSSR count). The van der Waals surface area contributed by atoms with Gasteiger partial charge in [0, 0.05) is 19.6 Å². The zero-order valence-corrected chi connectivity index (χ0v) is 11.0. The van der Waals surface area contributed by atoms with Crippen LogP contribution in [0.1, 0.15) is 0 Å². The van der Waals surface area contributed by atoms with Crippen LogP contribution >= 0.6 is 0 Å². The van der Waals surface area contributed by atoms with Crippen molar-refractivity contribution in [3.8, 4) is 0 Å². The van der Waals surface area contributed by atoms with Crippen LogP contribution in [0.4, 0.5) is 0 Å². The first-order valence-electron chi connectivity index (χ1n) is 3.23. The molecule has 0 N–H and O–H groups in total. The van der Waals surface area contributed by atoms with Gasteiger partial charge in [-0.1, -0.05) is 0 Å². The number of rotatable bonds is 6. The molecule has 0 saturated carbocycles. The summed E-state index contributed by atoms with van der Waals surface area (Å²) in [6, 6.07) is 0. The van der Waals surface area contributed by atoms with E-state index in [-0.39, 0.29) is 46.6 Å². The van der Waals surface area contributed by atoms with Crippen molar-refractivity contribution in [1.82, 2.24) is 4.90 Å². The smallest absolute Gasteiger partial charge is 0.549 e. The Morgan fingerprint density at radius 2 is 1.00 bits per heavy atom. The largest absolute Gasteiger partial charge is 3.00 e. The molecule has 0 aromatic carbocycles. The van der Waals surface area contributed by atoms with E-state index in [0.717, 1.165) is 0 Å². The minimum absolute atomic E-state index is 0. The summed E-state index contributed by atoms with van der Waals surface area (Å²) in [6.07, 6.45) is 0. The van der Waals surface area contributed by atoms with Crippen LogP contribution in [0.25, 0.3) is 0 Å². The van der Waals surface area contributed by atoms with Gasteiger partial charge in [0.15, 0.2) is 0 Å². The summed E-state index contributed by atoms with van der Waals surface area (Å²) in [6.45, 7) is -2.37. The van der Waals surface area contributed by atoms with Gasteiger partial charge in [-0.3, -0.25) is 4.90 Å². The topological polar surface area (TPSA) is 124 Å². The molecule has 0 spiro atoms. The molecule has 1 radical (unpaired) electrons. The van der Waals surface area contributed by atoms with Gasteiger partial charge in [-0.15, -0.1) is 0 Å². The maximum Gasteiger partial charge on any atom is 3.00 e. The number of carbonyl (C=O) groups is 3. The molecule has 0 heterocycles. The third-order valence-corrected chi connectivity index (χ3v) is 1.06. The fraction of sp³-hybridized carbons (Fsp3) is 0.500. The van der Waals surface area contributed by atoms with Gasteiger partial charge in [0.2, 0.25) is 0 Å². The SMILES string of the molecule is O=C([O-])CN(CC(=O)[O-])CC(=O)[O-].[Fe+3].[Na+]. The van der Waals surface area contributed by atoms with Crippen molar-refractivity contribution in [1.29, 1.82) is 0 Å². The molecule has 9 heteroatoms. The van der Waals surface area contributed by atoms with Gasteiger partial charge in [-0.05, 0) is 0 Å². The van der Waals surface area contributed by atoms with Crippen molar-refractivity contribution in [3.63, 3.8) is 0 Å². The first-order valence-corrected chi connectivity index (χ1v) is 3.23. The molecule has 0 fully saturated rings. The third kappa shape index (κ3) is 13.9. The number of carboxylic acid groups (broad SMARTS) is 3. The molecule has 0 aliphatic heterocycles. The van der Waals surface area contributed by atoms with Gasteiger partial charge in [0.1, 0.15) is 0 Å². The van der Waals surface area contributed by atoms with E-state index in [1.165, 1.54) is 0 Å². The average Bonchev–Trinajstić information content (AvgIpc) is 1.80. The molecule has 0 aliphatic carbocycles. The summed E-state index contributed by atoms with van der Waals surface area (Å²) < 4.78 is 0. The molecule has 0 amide bonds. The van der Waals surface area contributed by atoms with Gasteiger partial charge < -0.3 is 29.7 Å². The number of hydrogen-bond acceptors (Lipinski definition) is 7. The first-order chi connectivity index (χ1) is 5.91. The van der Waals surface area contributed by atoms with Crippen LogP contribution in [0.15, 0.2) is 0 Å². The Morgan fingerprint density at radius 3 is 1.13 bits per heavy atom. The van der Waals surface area contributed by atoms with Gasteiger partial charge in [0.25, 0.3) is 0 Å². The molecular weight excluding hydrogens is 261 g/mol. The van der Waals surface area contributed by atoms with Crippen molar-refractivity contribution >= 4 is 17.9 Å². The molecule has 0 atom stereocenters. The summed E-state index contributed by atoms with van der Waals surface area (Å²) in [4.78, 5) is 30.6. The van der Waals surface area contributed by atoms with Crippen LogP contribution in [0.3, 0.4) is 0 Å². The minimum atomic E-state index is -1.57. The van der Waals surface area contributed by atoms with Crippen molar-refractivity contribution < 1.29 is 76.3 Å². The van der Waals surface area contributed by atoms with E-state index in [2.05, 4.69) is 0 Å². The molecule has 0 bridgehead atoms. The van der Waals surface area contributed by atoms with Crippen molar-refractivity contribution in [2.75, 3.05) is 19.6 Å². The zero-order valence-electron chi connectivity index (χ0n) is 7.87. The van der Waals surface area contributed by atoms with Gasteiger partial charge in [-0.2, -0.15) is 0 Å². The Balaban J connectivity index is -0.000000720. The summed E-state index contributed by atoms with van der Waals surface area (Å²) in [7, 11) is 0. The second-order valence-corrected chi connectivity index (χ2v) is 2.26. The van der Waals surface area contributed by atoms with E-state index >= 15 is 0 Å². The summed E-state index contributed by atoms with van der Waals surface area (Å²) in [5.74, 6) is -4.70. The number of hydrogen-bond donors (Lipinski definition) is 0. The van der Waals surface area contributed by atoms with E-state index in [1.54, 1.807) is 0 Å². The van der Waals surface area contributed by atoms with E-state index in [1.807, 2.05) is 0 Å². The zero-order chi connectivity index (χ0) is 10.4. The van der Waals surface area contributed by atoms with E-state index in [9.17, 15) is 29.7 Å². The van der Waals surface area contributed by atoms with Crippen LogP contribution in [0.2, 0.25) is 0 Å². The first kappa shape index (κ1) is 20.3. The summed E-state index contributed by atoms with van der Waals surface area (Å²) >= 11 is 0. The standard InChI is InChI=1S/C6H9NO6.Fe.Na/c8-4(9)1-7(2-5(10)11)3-6(12)13;;/h1-3H2,(H,8,9)(H,10,11)(H,12,13);;/q;+3;+1/p-3. The Hall–Kier alpha value is -0.111. The number of nitrogens with zero attached hydrogens (tertiary/aromatic N) is 1. The van der Waals surface area contributed by atoms with Crippen molar-refractivity contribution in [3.05, 3.63) is 0 Å². The monoisotopic (exact) mass is 267 g/mol. The fourth-order valence-electron chi connectivity index (χ4n) is 0.715. The average molecular weight is 267 g/mol. The van der Waals surface area contributed by atoms with Crippen LogP contribution in [-0.2, 0) is 31.5 Å². The van der Waals surface area contributed by atoms with E-state index in [4.69, 9.17) is 0 Å². The molecule has 0 saturated heterocycles. The molecule has 7 nitrogen and oxygen atoms in total. The van der Waals surface area contributed by atoms with Crippen molar-refractivity contribution in [2.45, 2.75) is 0 Å². The van der Waals surface area contributed by atoms with E-state index < -0.39 is 37.5 Å². The molecule has 15 heavy (non-hydrogen) atoms. The number of carboxylic acids is 3. The molecule has 0 aromatic rings. The minimum Gasteiger partial charge on any atom is -0.549 e. The molecule has 0 unspecified atom stereocenters. The van der Waals surface area contributed by atoms with Crippen LogP contribution in [0.5, 0.6) is 0 Å². The second-order valence-electron chi connectivity index (χ2n) is 2.26. The number of carbonyl (C=O) groups excluding carboxylic acids is 3.